The molecule has 6 heteroatoms. The molecule has 1 aromatic carbocycles. The molecular formula is C19H31IN4O. The van der Waals surface area contributed by atoms with Crippen LogP contribution in [0.4, 0.5) is 5.69 Å². The van der Waals surface area contributed by atoms with Crippen LogP contribution in [0.2, 0.25) is 0 Å². The summed E-state index contributed by atoms with van der Waals surface area (Å²) in [6.45, 7) is 8.87. The van der Waals surface area contributed by atoms with E-state index >= 15 is 0 Å². The number of hydrogen-bond donors (Lipinski definition) is 2. The maximum absolute atomic E-state index is 5.67. The minimum Gasteiger partial charge on any atom is -0.376 e. The second-order valence-electron chi connectivity index (χ2n) is 6.77. The SMILES string of the molecule is CCNC(=NCC1CCCO1)NC1CCN(c2ccc(C)cc2)C1.I. The van der Waals surface area contributed by atoms with Crippen LogP contribution in [0.1, 0.15) is 31.7 Å². The fourth-order valence-electron chi connectivity index (χ4n) is 3.36. The van der Waals surface area contributed by atoms with Crippen LogP contribution in [0.25, 0.3) is 0 Å². The zero-order valence-electron chi connectivity index (χ0n) is 15.3. The standard InChI is InChI=1S/C19H30N4O.HI/c1-3-20-19(21-13-18-5-4-12-24-18)22-16-10-11-23(14-16)17-8-6-15(2)7-9-17;/h6-9,16,18H,3-5,10-14H2,1-2H3,(H2,20,21,22);1H. The fourth-order valence-corrected chi connectivity index (χ4v) is 3.36. The van der Waals surface area contributed by atoms with Crippen molar-refractivity contribution in [3.63, 3.8) is 0 Å². The van der Waals surface area contributed by atoms with E-state index < -0.39 is 0 Å². The summed E-state index contributed by atoms with van der Waals surface area (Å²) in [4.78, 5) is 7.16. The van der Waals surface area contributed by atoms with Crippen molar-refractivity contribution >= 4 is 35.6 Å². The Kier molecular flexibility index (Phi) is 8.29. The van der Waals surface area contributed by atoms with Crippen LogP contribution in [-0.4, -0.2) is 50.9 Å². The first kappa shape index (κ1) is 20.3. The highest BCUT2D eigenvalue weighted by Crippen LogP contribution is 2.20. The maximum atomic E-state index is 5.67. The van der Waals surface area contributed by atoms with Gasteiger partial charge in [0.25, 0.3) is 0 Å². The van der Waals surface area contributed by atoms with Crippen LogP contribution in [0.3, 0.4) is 0 Å². The number of halogens is 1. The zero-order chi connectivity index (χ0) is 16.8. The summed E-state index contributed by atoms with van der Waals surface area (Å²) in [5, 5.41) is 6.95. The number of guanidine groups is 1. The number of aryl methyl sites for hydroxylation is 1. The van der Waals surface area contributed by atoms with E-state index in [1.165, 1.54) is 11.3 Å². The molecule has 2 aliphatic heterocycles. The van der Waals surface area contributed by atoms with Gasteiger partial charge < -0.3 is 20.3 Å². The Bertz CT molecular complexity index is 543. The topological polar surface area (TPSA) is 48.9 Å². The number of nitrogens with zero attached hydrogens (tertiary/aromatic N) is 2. The molecular weight excluding hydrogens is 427 g/mol. The molecule has 2 heterocycles. The maximum Gasteiger partial charge on any atom is 0.191 e. The molecule has 2 aliphatic rings. The van der Waals surface area contributed by atoms with Gasteiger partial charge in [0.05, 0.1) is 12.6 Å². The van der Waals surface area contributed by atoms with Crippen LogP contribution in [0, 0.1) is 6.92 Å². The van der Waals surface area contributed by atoms with E-state index in [9.17, 15) is 0 Å². The lowest BCUT2D eigenvalue weighted by molar-refractivity contribution is 0.117. The van der Waals surface area contributed by atoms with E-state index in [-0.39, 0.29) is 24.0 Å². The van der Waals surface area contributed by atoms with E-state index in [1.807, 2.05) is 0 Å². The molecule has 0 bridgehead atoms. The van der Waals surface area contributed by atoms with Crippen LogP contribution < -0.4 is 15.5 Å². The summed E-state index contributed by atoms with van der Waals surface area (Å²) < 4.78 is 5.67. The summed E-state index contributed by atoms with van der Waals surface area (Å²) in [6.07, 6.45) is 3.73. The second-order valence-corrected chi connectivity index (χ2v) is 6.77. The largest absolute Gasteiger partial charge is 0.376 e. The molecule has 1 aromatic rings. The van der Waals surface area contributed by atoms with E-state index in [0.29, 0.717) is 12.1 Å². The molecule has 0 aromatic heterocycles. The van der Waals surface area contributed by atoms with Gasteiger partial charge in [-0.1, -0.05) is 17.7 Å². The third-order valence-corrected chi connectivity index (χ3v) is 4.75. The molecule has 0 spiro atoms. The van der Waals surface area contributed by atoms with Crippen molar-refractivity contribution in [2.75, 3.05) is 37.7 Å². The number of anilines is 1. The third kappa shape index (κ3) is 6.02. The second kappa shape index (κ2) is 10.2. The molecule has 0 radical (unpaired) electrons. The van der Waals surface area contributed by atoms with Crippen LogP contribution in [-0.2, 0) is 4.74 Å². The molecule has 2 saturated heterocycles. The van der Waals surface area contributed by atoms with Crippen molar-refractivity contribution in [1.29, 1.82) is 0 Å². The van der Waals surface area contributed by atoms with Gasteiger partial charge in [0.1, 0.15) is 0 Å². The summed E-state index contributed by atoms with van der Waals surface area (Å²) >= 11 is 0. The number of rotatable bonds is 5. The first-order valence-electron chi connectivity index (χ1n) is 9.22. The van der Waals surface area contributed by atoms with Crippen molar-refractivity contribution in [2.45, 2.75) is 45.3 Å². The molecule has 5 nitrogen and oxygen atoms in total. The van der Waals surface area contributed by atoms with E-state index in [2.05, 4.69) is 53.6 Å². The summed E-state index contributed by atoms with van der Waals surface area (Å²) in [5.41, 5.74) is 2.62. The first-order valence-corrected chi connectivity index (χ1v) is 9.22. The molecule has 2 fully saturated rings. The van der Waals surface area contributed by atoms with Gasteiger partial charge in [0.15, 0.2) is 5.96 Å². The molecule has 25 heavy (non-hydrogen) atoms. The minimum absolute atomic E-state index is 0. The lowest BCUT2D eigenvalue weighted by atomic mass is 10.2. The van der Waals surface area contributed by atoms with Crippen LogP contribution in [0.15, 0.2) is 29.3 Å². The van der Waals surface area contributed by atoms with Crippen molar-refractivity contribution in [1.82, 2.24) is 10.6 Å². The normalized spacial score (nSPS) is 23.4. The molecule has 0 aliphatic carbocycles. The molecule has 2 atom stereocenters. The Morgan fingerprint density at radius 2 is 2.08 bits per heavy atom. The molecule has 2 unspecified atom stereocenters. The van der Waals surface area contributed by atoms with Gasteiger partial charge in [-0.15, -0.1) is 24.0 Å². The smallest absolute Gasteiger partial charge is 0.191 e. The van der Waals surface area contributed by atoms with Crippen molar-refractivity contribution in [3.05, 3.63) is 29.8 Å². The molecule has 2 N–H and O–H groups in total. The van der Waals surface area contributed by atoms with Gasteiger partial charge in [-0.05, 0) is 45.2 Å². The number of benzene rings is 1. The summed E-state index contributed by atoms with van der Waals surface area (Å²) in [7, 11) is 0. The van der Waals surface area contributed by atoms with Gasteiger partial charge in [-0.2, -0.15) is 0 Å². The van der Waals surface area contributed by atoms with E-state index in [4.69, 9.17) is 9.73 Å². The predicted molar refractivity (Wildman–Crippen MR) is 115 cm³/mol. The Labute approximate surface area is 168 Å². The highest BCUT2D eigenvalue weighted by molar-refractivity contribution is 14.0. The fraction of sp³-hybridized carbons (Fsp3) is 0.632. The van der Waals surface area contributed by atoms with Crippen LogP contribution >= 0.6 is 24.0 Å². The van der Waals surface area contributed by atoms with E-state index in [0.717, 1.165) is 58.0 Å². The lowest BCUT2D eigenvalue weighted by Gasteiger charge is -2.21. The third-order valence-electron chi connectivity index (χ3n) is 4.75. The van der Waals surface area contributed by atoms with Gasteiger partial charge in [-0.3, -0.25) is 4.99 Å². The average molecular weight is 458 g/mol. The number of nitrogens with one attached hydrogen (secondary N) is 2. The molecule has 0 amide bonds. The Morgan fingerprint density at radius 1 is 1.28 bits per heavy atom. The molecule has 3 rings (SSSR count). The Balaban J connectivity index is 0.00000225. The lowest BCUT2D eigenvalue weighted by Crippen LogP contribution is -2.45. The number of ether oxygens (including phenoxy) is 1. The highest BCUT2D eigenvalue weighted by atomic mass is 127. The molecule has 0 saturated carbocycles. The summed E-state index contributed by atoms with van der Waals surface area (Å²) in [6, 6.07) is 9.24. The van der Waals surface area contributed by atoms with Gasteiger partial charge in [0.2, 0.25) is 0 Å². The minimum atomic E-state index is 0. The number of hydrogen-bond acceptors (Lipinski definition) is 3. The van der Waals surface area contributed by atoms with Gasteiger partial charge in [0, 0.05) is 38.0 Å². The quantitative estimate of drug-likeness (QED) is 0.405. The molecule has 140 valence electrons. The number of aliphatic imine (C=N–C) groups is 1. The van der Waals surface area contributed by atoms with Crippen molar-refractivity contribution in [2.24, 2.45) is 4.99 Å². The summed E-state index contributed by atoms with van der Waals surface area (Å²) in [5.74, 6) is 0.920. The van der Waals surface area contributed by atoms with E-state index in [1.54, 1.807) is 0 Å². The average Bonchev–Trinajstić information content (AvgIpc) is 3.25. The predicted octanol–water partition coefficient (Wildman–Crippen LogP) is 2.93. The highest BCUT2D eigenvalue weighted by Gasteiger charge is 2.23. The van der Waals surface area contributed by atoms with Crippen molar-refractivity contribution < 1.29 is 4.74 Å². The Hall–Kier alpha value is -1.02. The van der Waals surface area contributed by atoms with Crippen LogP contribution in [0.5, 0.6) is 0 Å². The zero-order valence-corrected chi connectivity index (χ0v) is 17.7. The first-order chi connectivity index (χ1) is 11.7. The monoisotopic (exact) mass is 458 g/mol. The van der Waals surface area contributed by atoms with Gasteiger partial charge in [-0.25, -0.2) is 0 Å². The Morgan fingerprint density at radius 3 is 2.76 bits per heavy atom. The van der Waals surface area contributed by atoms with Gasteiger partial charge >= 0.3 is 0 Å². The van der Waals surface area contributed by atoms with Crippen molar-refractivity contribution in [3.8, 4) is 0 Å².